The van der Waals surface area contributed by atoms with Crippen LogP contribution >= 0.6 is 0 Å². The van der Waals surface area contributed by atoms with E-state index in [0.29, 0.717) is 0 Å². The number of nitrogens with two attached hydrogens (primary N) is 1. The molecule has 2 N–H and O–H groups in total. The summed E-state index contributed by atoms with van der Waals surface area (Å²) in [4.78, 5) is 0. The van der Waals surface area contributed by atoms with Gasteiger partial charge in [-0.2, -0.15) is 0 Å². The van der Waals surface area contributed by atoms with Crippen LogP contribution in [0.4, 0.5) is 0 Å². The summed E-state index contributed by atoms with van der Waals surface area (Å²) in [6.45, 7) is 0. The lowest BCUT2D eigenvalue weighted by atomic mass is 9.79. The molecule has 3 rings (SSSR count). The molecule has 0 radical (unpaired) electrons. The molecule has 2 aromatic rings. The third-order valence-electron chi connectivity index (χ3n) is 4.58. The number of hydrogen-bond acceptors (Lipinski definition) is 2. The Bertz CT molecular complexity index is 577. The zero-order valence-electron chi connectivity index (χ0n) is 12.5. The third kappa shape index (κ3) is 3.02. The monoisotopic (exact) mass is 281 g/mol. The summed E-state index contributed by atoms with van der Waals surface area (Å²) in [5.74, 6) is 0.731. The molecule has 2 aromatic carbocycles. The van der Waals surface area contributed by atoms with Gasteiger partial charge in [0.25, 0.3) is 0 Å². The first-order chi connectivity index (χ1) is 10.3. The molecule has 0 bridgehead atoms. The van der Waals surface area contributed by atoms with Crippen molar-refractivity contribution >= 4 is 0 Å². The van der Waals surface area contributed by atoms with Crippen LogP contribution < -0.4 is 5.73 Å². The van der Waals surface area contributed by atoms with Crippen LogP contribution in [0.15, 0.2) is 54.6 Å². The van der Waals surface area contributed by atoms with Crippen LogP contribution in [0.5, 0.6) is 0 Å². The molecule has 0 spiro atoms. The molecule has 0 heterocycles. The van der Waals surface area contributed by atoms with Crippen LogP contribution in [0, 0.1) is 0 Å². The molecule has 1 saturated carbocycles. The van der Waals surface area contributed by atoms with Crippen LogP contribution in [-0.4, -0.2) is 7.11 Å². The summed E-state index contributed by atoms with van der Waals surface area (Å²) in [5.41, 5.74) is 10.2. The standard InChI is InChI=1S/C19H23NO/c1-21-19(15-7-3-2-4-8-15)18(20)17-12-6-11-16(13-17)14-9-5-10-14/h2-4,6-8,11-14,18-19H,5,9-10,20H2,1H3. The van der Waals surface area contributed by atoms with Crippen molar-refractivity contribution in [3.05, 3.63) is 71.3 Å². The average molecular weight is 281 g/mol. The van der Waals surface area contributed by atoms with Gasteiger partial charge in [-0.05, 0) is 35.4 Å². The topological polar surface area (TPSA) is 35.2 Å². The SMILES string of the molecule is COC(c1ccccc1)C(N)c1cccc(C2CCC2)c1. The summed E-state index contributed by atoms with van der Waals surface area (Å²) in [7, 11) is 1.73. The highest BCUT2D eigenvalue weighted by molar-refractivity contribution is 5.32. The number of rotatable bonds is 5. The Kier molecular flexibility index (Phi) is 4.37. The van der Waals surface area contributed by atoms with Crippen molar-refractivity contribution in [3.8, 4) is 0 Å². The molecule has 21 heavy (non-hydrogen) atoms. The zero-order chi connectivity index (χ0) is 14.7. The van der Waals surface area contributed by atoms with Gasteiger partial charge in [-0.3, -0.25) is 0 Å². The second kappa shape index (κ2) is 6.42. The van der Waals surface area contributed by atoms with Crippen LogP contribution in [-0.2, 0) is 4.74 Å². The fraction of sp³-hybridized carbons (Fsp3) is 0.368. The molecule has 2 atom stereocenters. The van der Waals surface area contributed by atoms with Gasteiger partial charge in [0.1, 0.15) is 6.10 Å². The highest BCUT2D eigenvalue weighted by atomic mass is 16.5. The summed E-state index contributed by atoms with van der Waals surface area (Å²) >= 11 is 0. The molecule has 1 fully saturated rings. The van der Waals surface area contributed by atoms with Gasteiger partial charge in [0.05, 0.1) is 6.04 Å². The summed E-state index contributed by atoms with van der Waals surface area (Å²) < 4.78 is 5.67. The molecule has 2 nitrogen and oxygen atoms in total. The molecule has 0 aliphatic heterocycles. The third-order valence-corrected chi connectivity index (χ3v) is 4.58. The Morgan fingerprint density at radius 3 is 2.33 bits per heavy atom. The maximum atomic E-state index is 6.49. The number of benzene rings is 2. The van der Waals surface area contributed by atoms with Crippen molar-refractivity contribution in [2.75, 3.05) is 7.11 Å². The molecule has 1 aliphatic carbocycles. The van der Waals surface area contributed by atoms with E-state index in [4.69, 9.17) is 10.5 Å². The molecular formula is C19H23NO. The second-order valence-electron chi connectivity index (χ2n) is 5.89. The molecule has 2 heteroatoms. The first-order valence-corrected chi connectivity index (χ1v) is 7.73. The number of ether oxygens (including phenoxy) is 1. The highest BCUT2D eigenvalue weighted by Gasteiger charge is 2.23. The minimum atomic E-state index is -0.141. The van der Waals surface area contributed by atoms with E-state index in [1.54, 1.807) is 7.11 Å². The van der Waals surface area contributed by atoms with Gasteiger partial charge in [0.15, 0.2) is 0 Å². The van der Waals surface area contributed by atoms with Crippen molar-refractivity contribution in [1.82, 2.24) is 0 Å². The van der Waals surface area contributed by atoms with Crippen molar-refractivity contribution in [3.63, 3.8) is 0 Å². The minimum absolute atomic E-state index is 0.108. The molecule has 0 amide bonds. The Morgan fingerprint density at radius 2 is 1.71 bits per heavy atom. The van der Waals surface area contributed by atoms with E-state index in [9.17, 15) is 0 Å². The van der Waals surface area contributed by atoms with Gasteiger partial charge in [-0.1, -0.05) is 61.0 Å². The molecule has 2 unspecified atom stereocenters. The van der Waals surface area contributed by atoms with Gasteiger partial charge in [0.2, 0.25) is 0 Å². The highest BCUT2D eigenvalue weighted by Crippen LogP contribution is 2.38. The zero-order valence-corrected chi connectivity index (χ0v) is 12.5. The first-order valence-electron chi connectivity index (χ1n) is 7.73. The average Bonchev–Trinajstić information content (AvgIpc) is 2.47. The van der Waals surface area contributed by atoms with E-state index in [1.165, 1.54) is 24.8 Å². The second-order valence-corrected chi connectivity index (χ2v) is 5.89. The van der Waals surface area contributed by atoms with Gasteiger partial charge in [-0.25, -0.2) is 0 Å². The molecular weight excluding hydrogens is 258 g/mol. The van der Waals surface area contributed by atoms with Crippen molar-refractivity contribution in [2.24, 2.45) is 5.73 Å². The lowest BCUT2D eigenvalue weighted by Crippen LogP contribution is -2.22. The lowest BCUT2D eigenvalue weighted by Gasteiger charge is -2.28. The maximum Gasteiger partial charge on any atom is 0.101 e. The summed E-state index contributed by atoms with van der Waals surface area (Å²) in [6, 6.07) is 18.8. The van der Waals surface area contributed by atoms with Gasteiger partial charge < -0.3 is 10.5 Å². The van der Waals surface area contributed by atoms with Gasteiger partial charge in [0, 0.05) is 7.11 Å². The summed E-state index contributed by atoms with van der Waals surface area (Å²) in [6.07, 6.45) is 3.87. The van der Waals surface area contributed by atoms with Crippen molar-refractivity contribution in [1.29, 1.82) is 0 Å². The predicted octanol–water partition coefficient (Wildman–Crippen LogP) is 4.34. The fourth-order valence-electron chi connectivity index (χ4n) is 3.07. The lowest BCUT2D eigenvalue weighted by molar-refractivity contribution is 0.0801. The van der Waals surface area contributed by atoms with E-state index in [1.807, 2.05) is 18.2 Å². The number of methoxy groups -OCH3 is 1. The van der Waals surface area contributed by atoms with Crippen molar-refractivity contribution < 1.29 is 4.74 Å². The van der Waals surface area contributed by atoms with Gasteiger partial charge in [-0.15, -0.1) is 0 Å². The Hall–Kier alpha value is -1.64. The smallest absolute Gasteiger partial charge is 0.101 e. The first kappa shape index (κ1) is 14.3. The maximum absolute atomic E-state index is 6.49. The quantitative estimate of drug-likeness (QED) is 0.884. The Balaban J connectivity index is 1.84. The molecule has 0 saturated heterocycles. The van der Waals surface area contributed by atoms with Gasteiger partial charge >= 0.3 is 0 Å². The van der Waals surface area contributed by atoms with Crippen LogP contribution in [0.2, 0.25) is 0 Å². The van der Waals surface area contributed by atoms with Crippen LogP contribution in [0.1, 0.15) is 54.0 Å². The van der Waals surface area contributed by atoms with E-state index in [-0.39, 0.29) is 12.1 Å². The Labute approximate surface area is 126 Å². The van der Waals surface area contributed by atoms with E-state index in [2.05, 4.69) is 36.4 Å². The van der Waals surface area contributed by atoms with E-state index < -0.39 is 0 Å². The normalized spacial score (nSPS) is 18.0. The number of hydrogen-bond donors (Lipinski definition) is 1. The minimum Gasteiger partial charge on any atom is -0.375 e. The molecule has 0 aromatic heterocycles. The van der Waals surface area contributed by atoms with Crippen molar-refractivity contribution in [2.45, 2.75) is 37.3 Å². The molecule has 1 aliphatic rings. The largest absolute Gasteiger partial charge is 0.375 e. The van der Waals surface area contributed by atoms with Crippen LogP contribution in [0.25, 0.3) is 0 Å². The molecule has 110 valence electrons. The summed E-state index contributed by atoms with van der Waals surface area (Å²) in [5, 5.41) is 0. The van der Waals surface area contributed by atoms with Crippen LogP contribution in [0.3, 0.4) is 0 Å². The Morgan fingerprint density at radius 1 is 1.00 bits per heavy atom. The predicted molar refractivity (Wildman–Crippen MR) is 86.2 cm³/mol. The van der Waals surface area contributed by atoms with E-state index >= 15 is 0 Å². The fourth-order valence-corrected chi connectivity index (χ4v) is 3.07. The van der Waals surface area contributed by atoms with E-state index in [0.717, 1.165) is 17.0 Å².